The first-order valence-corrected chi connectivity index (χ1v) is 7.95. The smallest absolute Gasteiger partial charge is 0.0736 e. The summed E-state index contributed by atoms with van der Waals surface area (Å²) in [5.74, 6) is 2.26. The van der Waals surface area contributed by atoms with Crippen LogP contribution in [0.1, 0.15) is 25.7 Å². The summed E-state index contributed by atoms with van der Waals surface area (Å²) in [7, 11) is 0. The van der Waals surface area contributed by atoms with Gasteiger partial charge in [0, 0.05) is 25.1 Å². The molecule has 1 spiro atoms. The maximum atomic E-state index is 6.08. The van der Waals surface area contributed by atoms with Crippen LogP contribution in [0.3, 0.4) is 0 Å². The van der Waals surface area contributed by atoms with E-state index in [9.17, 15) is 0 Å². The number of rotatable bonds is 3. The highest BCUT2D eigenvalue weighted by atomic mass is 32.2. The Balaban J connectivity index is 1.48. The van der Waals surface area contributed by atoms with Crippen LogP contribution in [0.4, 0.5) is 0 Å². The molecular formula is C13H23NO2S. The van der Waals surface area contributed by atoms with Crippen molar-refractivity contribution >= 4 is 11.8 Å². The predicted octanol–water partition coefficient (Wildman–Crippen LogP) is 1.67. The first-order chi connectivity index (χ1) is 8.36. The average Bonchev–Trinajstić information content (AvgIpc) is 2.28. The minimum atomic E-state index is 0.173. The maximum absolute atomic E-state index is 6.08. The molecule has 1 atom stereocenters. The van der Waals surface area contributed by atoms with Crippen molar-refractivity contribution < 1.29 is 9.47 Å². The van der Waals surface area contributed by atoms with E-state index < -0.39 is 0 Å². The Morgan fingerprint density at radius 1 is 1.18 bits per heavy atom. The molecule has 0 aromatic carbocycles. The molecular weight excluding hydrogens is 234 g/mol. The van der Waals surface area contributed by atoms with Crippen LogP contribution in [0.2, 0.25) is 0 Å². The summed E-state index contributed by atoms with van der Waals surface area (Å²) in [5, 5.41) is 4.17. The second-order valence-corrected chi connectivity index (χ2v) is 6.95. The zero-order valence-corrected chi connectivity index (χ0v) is 11.3. The second kappa shape index (κ2) is 5.47. The van der Waals surface area contributed by atoms with Crippen molar-refractivity contribution in [2.45, 2.75) is 36.5 Å². The van der Waals surface area contributed by atoms with Gasteiger partial charge in [-0.3, -0.25) is 0 Å². The molecule has 0 aromatic heterocycles. The van der Waals surface area contributed by atoms with E-state index in [4.69, 9.17) is 9.47 Å². The zero-order chi connectivity index (χ0) is 11.6. The topological polar surface area (TPSA) is 30.5 Å². The SMILES string of the molecule is C1CC2(CCO1)CC(SCC1CNC1)CCO2. The van der Waals surface area contributed by atoms with Crippen LogP contribution in [-0.2, 0) is 9.47 Å². The third-order valence-electron chi connectivity index (χ3n) is 4.29. The van der Waals surface area contributed by atoms with Gasteiger partial charge in [-0.05, 0) is 50.4 Å². The first-order valence-electron chi connectivity index (χ1n) is 6.90. The molecule has 0 aromatic rings. The molecule has 0 radical (unpaired) electrons. The van der Waals surface area contributed by atoms with Gasteiger partial charge in [0.25, 0.3) is 0 Å². The summed E-state index contributed by atoms with van der Waals surface area (Å²) in [5.41, 5.74) is 0.173. The lowest BCUT2D eigenvalue weighted by molar-refractivity contribution is -0.131. The van der Waals surface area contributed by atoms with Crippen molar-refractivity contribution in [3.05, 3.63) is 0 Å². The molecule has 1 unspecified atom stereocenters. The van der Waals surface area contributed by atoms with Crippen molar-refractivity contribution in [1.29, 1.82) is 0 Å². The standard InChI is InChI=1S/C13H23NO2S/c1-4-16-13(2-5-15-6-3-13)7-12(1)17-10-11-8-14-9-11/h11-12,14H,1-10H2. The van der Waals surface area contributed by atoms with Gasteiger partial charge >= 0.3 is 0 Å². The van der Waals surface area contributed by atoms with Gasteiger partial charge in [0.05, 0.1) is 5.60 Å². The van der Waals surface area contributed by atoms with Crippen LogP contribution in [0, 0.1) is 5.92 Å². The number of nitrogens with one attached hydrogen (secondary N) is 1. The van der Waals surface area contributed by atoms with E-state index in [1.54, 1.807) is 0 Å². The van der Waals surface area contributed by atoms with Crippen molar-refractivity contribution in [2.24, 2.45) is 5.92 Å². The molecule has 0 aliphatic carbocycles. The lowest BCUT2D eigenvalue weighted by atomic mass is 9.86. The minimum absolute atomic E-state index is 0.173. The molecule has 0 amide bonds. The Morgan fingerprint density at radius 3 is 2.71 bits per heavy atom. The highest BCUT2D eigenvalue weighted by molar-refractivity contribution is 7.99. The van der Waals surface area contributed by atoms with Crippen molar-refractivity contribution in [3.8, 4) is 0 Å². The van der Waals surface area contributed by atoms with Gasteiger partial charge < -0.3 is 14.8 Å². The molecule has 3 fully saturated rings. The number of thioether (sulfide) groups is 1. The van der Waals surface area contributed by atoms with E-state index in [0.717, 1.165) is 43.8 Å². The first kappa shape index (κ1) is 12.3. The van der Waals surface area contributed by atoms with Crippen molar-refractivity contribution in [3.63, 3.8) is 0 Å². The molecule has 4 heteroatoms. The molecule has 3 saturated heterocycles. The van der Waals surface area contributed by atoms with E-state index in [1.807, 2.05) is 0 Å². The van der Waals surface area contributed by atoms with Crippen molar-refractivity contribution in [1.82, 2.24) is 5.32 Å². The molecule has 0 saturated carbocycles. The molecule has 3 aliphatic rings. The van der Waals surface area contributed by atoms with E-state index in [1.165, 1.54) is 31.7 Å². The number of hydrogen-bond donors (Lipinski definition) is 1. The summed E-state index contributed by atoms with van der Waals surface area (Å²) in [6, 6.07) is 0. The summed E-state index contributed by atoms with van der Waals surface area (Å²) in [4.78, 5) is 0. The molecule has 1 N–H and O–H groups in total. The van der Waals surface area contributed by atoms with Gasteiger partial charge in [-0.25, -0.2) is 0 Å². The van der Waals surface area contributed by atoms with E-state index in [0.29, 0.717) is 0 Å². The van der Waals surface area contributed by atoms with Gasteiger partial charge in [-0.1, -0.05) is 0 Å². The Hall–Kier alpha value is 0.230. The van der Waals surface area contributed by atoms with Gasteiger partial charge in [-0.2, -0.15) is 11.8 Å². The van der Waals surface area contributed by atoms with Crippen LogP contribution < -0.4 is 5.32 Å². The third kappa shape index (κ3) is 2.98. The largest absolute Gasteiger partial charge is 0.381 e. The summed E-state index contributed by atoms with van der Waals surface area (Å²) in [6.45, 7) is 5.21. The van der Waals surface area contributed by atoms with Gasteiger partial charge in [0.15, 0.2) is 0 Å². The minimum Gasteiger partial charge on any atom is -0.381 e. The zero-order valence-electron chi connectivity index (χ0n) is 10.5. The summed E-state index contributed by atoms with van der Waals surface area (Å²) in [6.07, 6.45) is 4.71. The van der Waals surface area contributed by atoms with Gasteiger partial charge in [-0.15, -0.1) is 0 Å². The lowest BCUT2D eigenvalue weighted by Gasteiger charge is -2.43. The average molecular weight is 257 g/mol. The monoisotopic (exact) mass is 257 g/mol. The predicted molar refractivity (Wildman–Crippen MR) is 70.6 cm³/mol. The fourth-order valence-corrected chi connectivity index (χ4v) is 4.42. The molecule has 3 aliphatic heterocycles. The fraction of sp³-hybridized carbons (Fsp3) is 1.00. The fourth-order valence-electron chi connectivity index (χ4n) is 2.96. The summed E-state index contributed by atoms with van der Waals surface area (Å²) >= 11 is 2.19. The van der Waals surface area contributed by atoms with Crippen molar-refractivity contribution in [2.75, 3.05) is 38.7 Å². The van der Waals surface area contributed by atoms with Crippen LogP contribution in [0.25, 0.3) is 0 Å². The Bertz CT molecular complexity index is 246. The van der Waals surface area contributed by atoms with Gasteiger partial charge in [0.2, 0.25) is 0 Å². The highest BCUT2D eigenvalue weighted by Crippen LogP contribution is 2.39. The van der Waals surface area contributed by atoms with Crippen LogP contribution >= 0.6 is 11.8 Å². The quantitative estimate of drug-likeness (QED) is 0.833. The number of ether oxygens (including phenoxy) is 2. The normalized spacial score (nSPS) is 33.5. The van der Waals surface area contributed by atoms with E-state index in [-0.39, 0.29) is 5.60 Å². The molecule has 17 heavy (non-hydrogen) atoms. The Morgan fingerprint density at radius 2 is 2.00 bits per heavy atom. The van der Waals surface area contributed by atoms with Gasteiger partial charge in [0.1, 0.15) is 0 Å². The Labute approximate surface area is 108 Å². The van der Waals surface area contributed by atoms with Crippen LogP contribution in [0.5, 0.6) is 0 Å². The molecule has 3 heterocycles. The van der Waals surface area contributed by atoms with E-state index in [2.05, 4.69) is 17.1 Å². The van der Waals surface area contributed by atoms with Crippen LogP contribution in [-0.4, -0.2) is 49.5 Å². The molecule has 0 bridgehead atoms. The molecule has 98 valence electrons. The highest BCUT2D eigenvalue weighted by Gasteiger charge is 2.39. The molecule has 3 nitrogen and oxygen atoms in total. The third-order valence-corrected chi connectivity index (χ3v) is 5.82. The summed E-state index contributed by atoms with van der Waals surface area (Å²) < 4.78 is 11.5. The molecule has 3 rings (SSSR count). The van der Waals surface area contributed by atoms with Crippen LogP contribution in [0.15, 0.2) is 0 Å². The second-order valence-electron chi connectivity index (χ2n) is 5.62. The number of hydrogen-bond acceptors (Lipinski definition) is 4. The maximum Gasteiger partial charge on any atom is 0.0736 e. The Kier molecular flexibility index (Phi) is 3.95. The van der Waals surface area contributed by atoms with E-state index >= 15 is 0 Å². The lowest BCUT2D eigenvalue weighted by Crippen LogP contribution is -2.46.